The fourth-order valence-corrected chi connectivity index (χ4v) is 3.43. The van der Waals surface area contributed by atoms with Gasteiger partial charge in [-0.3, -0.25) is 8.87 Å². The zero-order valence-electron chi connectivity index (χ0n) is 24.8. The molecule has 0 bridgehead atoms. The Morgan fingerprint density at radius 2 is 0.957 bits per heavy atom. The molecule has 0 aliphatic carbocycles. The molecule has 0 fully saturated rings. The van der Waals surface area contributed by atoms with Gasteiger partial charge in [0.05, 0.1) is 31.3 Å². The average Bonchev–Trinajstić information content (AvgIpc) is 3.00. The van der Waals surface area contributed by atoms with E-state index in [-0.39, 0.29) is 4.48 Å². The van der Waals surface area contributed by atoms with Crippen molar-refractivity contribution in [1.29, 1.82) is 0 Å². The Labute approximate surface area is 260 Å². The van der Waals surface area contributed by atoms with Crippen LogP contribution in [0.1, 0.15) is 20.8 Å². The van der Waals surface area contributed by atoms with Crippen LogP contribution in [0.15, 0.2) is 42.5 Å². The molecule has 0 amide bonds. The van der Waals surface area contributed by atoms with E-state index in [2.05, 4.69) is 0 Å². The number of rotatable bonds is 7. The maximum absolute atomic E-state index is 14.8. The van der Waals surface area contributed by atoms with Crippen LogP contribution in [0.25, 0.3) is 0 Å². The van der Waals surface area contributed by atoms with Crippen LogP contribution in [0.3, 0.4) is 0 Å². The van der Waals surface area contributed by atoms with Crippen LogP contribution in [-0.2, 0) is 0 Å². The van der Waals surface area contributed by atoms with Gasteiger partial charge in [0.25, 0.3) is 0 Å². The van der Waals surface area contributed by atoms with Crippen molar-refractivity contribution >= 4 is 13.0 Å². The van der Waals surface area contributed by atoms with E-state index in [0.717, 1.165) is 18.2 Å². The number of hydrogen-bond donors (Lipinski definition) is 0. The van der Waals surface area contributed by atoms with Crippen molar-refractivity contribution in [2.24, 2.45) is 0 Å². The smallest absolute Gasteiger partial charge is 0.487 e. The van der Waals surface area contributed by atoms with Gasteiger partial charge < -0.3 is 14.0 Å². The first-order chi connectivity index (χ1) is 21.7. The van der Waals surface area contributed by atoms with Crippen LogP contribution in [0.2, 0.25) is 0 Å². The molecule has 4 rings (SSSR count). The van der Waals surface area contributed by atoms with Crippen LogP contribution in [-0.4, -0.2) is 27.0 Å². The SMILES string of the molecule is CC(C)(C)[N+](C)(C)c1cc(OB(Oc2ccc(F)c(F)c2F)Oc2ccc(F)c(F)c2F)c(F)c(F)c1F.Fc1[c-]ccc(F)c1F. The fourth-order valence-electron chi connectivity index (χ4n) is 3.43. The molecule has 0 atom stereocenters. The van der Waals surface area contributed by atoms with Gasteiger partial charge in [0.15, 0.2) is 34.7 Å². The highest BCUT2D eigenvalue weighted by atomic mass is 19.2. The number of nitrogens with zero attached hydrogens (tertiary/aromatic N) is 1. The highest BCUT2D eigenvalue weighted by molar-refractivity contribution is 6.39. The van der Waals surface area contributed by atoms with E-state index in [4.69, 9.17) is 14.0 Å². The predicted octanol–water partition coefficient (Wildman–Crippen LogP) is 8.73. The molecule has 4 aromatic carbocycles. The molecule has 0 heterocycles. The summed E-state index contributed by atoms with van der Waals surface area (Å²) in [5.41, 5.74) is -1.21. The van der Waals surface area contributed by atoms with Crippen LogP contribution in [0.4, 0.5) is 58.4 Å². The van der Waals surface area contributed by atoms with E-state index in [0.29, 0.717) is 24.3 Å². The van der Waals surface area contributed by atoms with E-state index in [1.54, 1.807) is 20.8 Å². The minimum Gasteiger partial charge on any atom is -0.487 e. The molecule has 0 radical (unpaired) electrons. The zero-order chi connectivity index (χ0) is 35.6. The molecule has 252 valence electrons. The maximum Gasteiger partial charge on any atom is 0.864 e. The normalized spacial score (nSPS) is 11.5. The van der Waals surface area contributed by atoms with Crippen LogP contribution in [0.5, 0.6) is 17.2 Å². The second kappa shape index (κ2) is 14.1. The second-order valence-corrected chi connectivity index (χ2v) is 10.9. The van der Waals surface area contributed by atoms with Crippen molar-refractivity contribution in [3.05, 3.63) is 118 Å². The van der Waals surface area contributed by atoms with Crippen LogP contribution in [0, 0.1) is 75.9 Å². The molecule has 0 aliphatic rings. The molecule has 4 nitrogen and oxygen atoms in total. The van der Waals surface area contributed by atoms with Gasteiger partial charge >= 0.3 is 7.32 Å². The van der Waals surface area contributed by atoms with Crippen molar-refractivity contribution < 1.29 is 66.6 Å². The highest BCUT2D eigenvalue weighted by Gasteiger charge is 2.41. The summed E-state index contributed by atoms with van der Waals surface area (Å²) in [6.45, 7) is 5.00. The minimum absolute atomic E-state index is 0.367. The first-order valence-electron chi connectivity index (χ1n) is 13.0. The minimum atomic E-state index is -2.55. The average molecular weight is 683 g/mol. The monoisotopic (exact) mass is 683 g/mol. The third kappa shape index (κ3) is 7.89. The predicted molar refractivity (Wildman–Crippen MR) is 145 cm³/mol. The van der Waals surface area contributed by atoms with Crippen molar-refractivity contribution in [3.8, 4) is 17.2 Å². The molecule has 0 spiro atoms. The Bertz CT molecular complexity index is 1700. The van der Waals surface area contributed by atoms with Gasteiger partial charge in [0.2, 0.25) is 29.1 Å². The quantitative estimate of drug-likeness (QED) is 0.0642. The molecule has 47 heavy (non-hydrogen) atoms. The molecule has 0 saturated carbocycles. The number of hydrogen-bond acceptors (Lipinski definition) is 3. The number of benzene rings is 4. The van der Waals surface area contributed by atoms with Crippen molar-refractivity contribution in [2.45, 2.75) is 26.3 Å². The molecule has 0 aromatic heterocycles. The van der Waals surface area contributed by atoms with E-state index in [9.17, 15) is 52.7 Å². The third-order valence-corrected chi connectivity index (χ3v) is 6.88. The summed E-state index contributed by atoms with van der Waals surface area (Å²) in [6, 6.07) is 6.35. The number of halogens is 12. The molecule has 4 aromatic rings. The maximum atomic E-state index is 14.8. The van der Waals surface area contributed by atoms with Crippen molar-refractivity contribution in [2.75, 3.05) is 14.1 Å². The molecular formula is C30H22BF12NO3. The third-order valence-electron chi connectivity index (χ3n) is 6.88. The lowest BCUT2D eigenvalue weighted by Gasteiger charge is -2.42. The van der Waals surface area contributed by atoms with Gasteiger partial charge in [-0.2, -0.15) is 23.6 Å². The van der Waals surface area contributed by atoms with Crippen LogP contribution < -0.4 is 18.4 Å². The highest BCUT2D eigenvalue weighted by Crippen LogP contribution is 2.38. The molecule has 0 saturated heterocycles. The zero-order valence-corrected chi connectivity index (χ0v) is 24.8. The summed E-state index contributed by atoms with van der Waals surface area (Å²) < 4.78 is 177. The van der Waals surface area contributed by atoms with Gasteiger partial charge in [-0.1, -0.05) is 0 Å². The fraction of sp³-hybridized carbons (Fsp3) is 0.200. The Morgan fingerprint density at radius 3 is 1.38 bits per heavy atom. The molecule has 17 heteroatoms. The molecule has 0 unspecified atom stereocenters. The number of quaternary nitrogens is 1. The standard InChI is InChI=1S/C24H20BF9NO3.C6H2F3/c1-24(2,3)35(4,5)13-10-16(22(33)23(34)19(13)30)38-25(36-14-8-6-11(26)17(28)20(14)31)37-15-9-7-12(27)18(29)21(15)32;7-4-2-1-3-5(8)6(4)9/h6-10H,1-5H3;1-2H/q+1;-1. The van der Waals surface area contributed by atoms with Gasteiger partial charge in [-0.25, -0.2) is 30.7 Å². The summed E-state index contributed by atoms with van der Waals surface area (Å²) in [5, 5.41) is 0. The van der Waals surface area contributed by atoms with Gasteiger partial charge in [-0.15, -0.1) is 12.1 Å². The molecule has 0 aliphatic heterocycles. The summed E-state index contributed by atoms with van der Waals surface area (Å²) in [5.74, 6) is -23.7. The largest absolute Gasteiger partial charge is 0.864 e. The lowest BCUT2D eigenvalue weighted by atomic mass is 10.0. The van der Waals surface area contributed by atoms with Gasteiger partial charge in [-0.05, 0) is 45.0 Å². The Kier molecular flexibility index (Phi) is 11.1. The van der Waals surface area contributed by atoms with Crippen LogP contribution >= 0.6 is 0 Å². The van der Waals surface area contributed by atoms with Crippen molar-refractivity contribution in [1.82, 2.24) is 4.48 Å². The van der Waals surface area contributed by atoms with E-state index >= 15 is 0 Å². The topological polar surface area (TPSA) is 27.7 Å². The summed E-state index contributed by atoms with van der Waals surface area (Å²) in [4.78, 5) is 0. The first-order valence-corrected chi connectivity index (χ1v) is 13.0. The van der Waals surface area contributed by atoms with Gasteiger partial charge in [0.1, 0.15) is 11.5 Å². The van der Waals surface area contributed by atoms with Crippen molar-refractivity contribution in [3.63, 3.8) is 0 Å². The lowest BCUT2D eigenvalue weighted by Crippen LogP contribution is -2.56. The summed E-state index contributed by atoms with van der Waals surface area (Å²) in [6.07, 6.45) is 0. The summed E-state index contributed by atoms with van der Waals surface area (Å²) in [7, 11) is 0.389. The Hall–Kier alpha value is -4.54. The first kappa shape index (κ1) is 36.9. The second-order valence-electron chi connectivity index (χ2n) is 10.9. The lowest BCUT2D eigenvalue weighted by molar-refractivity contribution is 0.209. The summed E-state index contributed by atoms with van der Waals surface area (Å²) >= 11 is 0. The van der Waals surface area contributed by atoms with E-state index < -0.39 is 106 Å². The molecule has 0 N–H and O–H groups in total. The van der Waals surface area contributed by atoms with E-state index in [1.807, 2.05) is 6.07 Å². The Morgan fingerprint density at radius 1 is 0.532 bits per heavy atom. The van der Waals surface area contributed by atoms with Gasteiger partial charge in [0, 0.05) is 11.9 Å². The van der Waals surface area contributed by atoms with E-state index in [1.165, 1.54) is 14.1 Å². The Balaban J connectivity index is 0.000000573. The molecular weight excluding hydrogens is 661 g/mol.